The Labute approximate surface area is 314 Å². The number of carbonyl (C=O) groups is 2. The molecule has 2 N–H and O–H groups in total. The number of rotatable bonds is 19. The van der Waals surface area contributed by atoms with Gasteiger partial charge in [0.15, 0.2) is 0 Å². The van der Waals surface area contributed by atoms with Crippen molar-refractivity contribution >= 4 is 48.1 Å². The lowest BCUT2D eigenvalue weighted by atomic mass is 10.1. The molecule has 0 saturated carbocycles. The Morgan fingerprint density at radius 2 is 1.04 bits per heavy atom. The lowest BCUT2D eigenvalue weighted by molar-refractivity contribution is -0.150. The van der Waals surface area contributed by atoms with Gasteiger partial charge in [-0.2, -0.15) is 0 Å². The van der Waals surface area contributed by atoms with Crippen molar-refractivity contribution in [2.45, 2.75) is 88.5 Å². The fourth-order valence-electron chi connectivity index (χ4n) is 4.62. The quantitative estimate of drug-likeness (QED) is 0.0694. The predicted octanol–water partition coefficient (Wildman–Crippen LogP) is 10.0. The van der Waals surface area contributed by atoms with Crippen molar-refractivity contribution in [3.63, 3.8) is 0 Å². The van der Waals surface area contributed by atoms with E-state index in [-0.39, 0.29) is 6.10 Å². The van der Waals surface area contributed by atoms with E-state index in [1.54, 1.807) is 76.2 Å². The first kappa shape index (κ1) is 41.3. The summed E-state index contributed by atoms with van der Waals surface area (Å²) < 4.78 is 50.9. The van der Waals surface area contributed by atoms with Crippen LogP contribution < -0.4 is 19.2 Å². The second-order valence-electron chi connectivity index (χ2n) is 12.4. The van der Waals surface area contributed by atoms with Crippen molar-refractivity contribution in [3.05, 3.63) is 120 Å². The van der Waals surface area contributed by atoms with E-state index in [1.807, 2.05) is 74.5 Å². The highest BCUT2D eigenvalue weighted by Crippen LogP contribution is 2.60. The fourth-order valence-corrected chi connectivity index (χ4v) is 12.3. The van der Waals surface area contributed by atoms with Crippen LogP contribution in [-0.4, -0.2) is 36.2 Å². The number of benzene rings is 4. The summed E-state index contributed by atoms with van der Waals surface area (Å²) in [6, 6.07) is 30.8. The van der Waals surface area contributed by atoms with Crippen molar-refractivity contribution in [2.75, 3.05) is 0 Å². The van der Waals surface area contributed by atoms with Crippen LogP contribution in [0.25, 0.3) is 0 Å². The minimum Gasteiger partial charge on any atom is -0.462 e. The van der Waals surface area contributed by atoms with Crippen molar-refractivity contribution in [3.8, 4) is 11.5 Å². The van der Waals surface area contributed by atoms with Crippen LogP contribution in [0.1, 0.15) is 52.2 Å². The fraction of sp³-hybridized carbons (Fsp3) is 0.316. The summed E-state index contributed by atoms with van der Waals surface area (Å²) in [6.45, 7) is 3.15. The molecular weight excluding hydrogens is 739 g/mol. The van der Waals surface area contributed by atoms with E-state index in [0.29, 0.717) is 29.2 Å². The summed E-state index contributed by atoms with van der Waals surface area (Å²) in [4.78, 5) is 27.0. The molecule has 0 spiro atoms. The Bertz CT molecular complexity index is 1830. The second kappa shape index (κ2) is 19.5. The van der Waals surface area contributed by atoms with E-state index in [9.17, 15) is 18.7 Å². The largest absolute Gasteiger partial charge is 0.462 e. The minimum atomic E-state index is -3.67. The molecule has 0 aliphatic rings. The number of carbonyl (C=O) groups excluding carboxylic acids is 2. The van der Waals surface area contributed by atoms with Gasteiger partial charge in [-0.25, -0.2) is 19.3 Å². The van der Waals surface area contributed by atoms with Crippen LogP contribution in [0.5, 0.6) is 11.5 Å². The number of nitrogens with one attached hydrogen (secondary N) is 2. The molecule has 4 aromatic carbocycles. The molecule has 4 rings (SSSR count). The average molecular weight is 785 g/mol. The van der Waals surface area contributed by atoms with Gasteiger partial charge in [-0.3, -0.25) is 9.59 Å². The van der Waals surface area contributed by atoms with Gasteiger partial charge in [0.1, 0.15) is 23.6 Å². The van der Waals surface area contributed by atoms with E-state index in [2.05, 4.69) is 10.2 Å². The van der Waals surface area contributed by atoms with Gasteiger partial charge in [0.2, 0.25) is 0 Å². The normalized spacial score (nSPS) is 15.4. The number of hydrogen-bond donors (Lipinski definition) is 2. The van der Waals surface area contributed by atoms with E-state index >= 15 is 0 Å². The first-order chi connectivity index (χ1) is 24.7. The molecule has 0 saturated heterocycles. The predicted molar refractivity (Wildman–Crippen MR) is 209 cm³/mol. The topological polar surface area (TPSA) is 129 Å². The van der Waals surface area contributed by atoms with Crippen LogP contribution in [0.3, 0.4) is 0 Å². The van der Waals surface area contributed by atoms with E-state index < -0.39 is 43.6 Å². The Kier molecular flexibility index (Phi) is 15.5. The molecule has 1 unspecified atom stereocenters. The zero-order valence-electron chi connectivity index (χ0n) is 30.1. The minimum absolute atomic E-state index is 0.315. The molecule has 10 nitrogen and oxygen atoms in total. The van der Waals surface area contributed by atoms with Gasteiger partial charge in [-0.05, 0) is 131 Å². The molecule has 0 aromatic heterocycles. The molecule has 0 amide bonds. The summed E-state index contributed by atoms with van der Waals surface area (Å²) in [5, 5.41) is 5.76. The Morgan fingerprint density at radius 3 is 1.48 bits per heavy atom. The van der Waals surface area contributed by atoms with Crippen molar-refractivity contribution in [1.82, 2.24) is 10.2 Å². The number of ether oxygens (including phenoxy) is 2. The summed E-state index contributed by atoms with van der Waals surface area (Å²) in [5.41, 5.74) is 2.05. The van der Waals surface area contributed by atoms with Crippen LogP contribution in [0.15, 0.2) is 119 Å². The maximum atomic E-state index is 14.0. The van der Waals surface area contributed by atoms with E-state index in [4.69, 9.17) is 18.5 Å². The molecule has 278 valence electrons. The van der Waals surface area contributed by atoms with Gasteiger partial charge in [0.25, 0.3) is 0 Å². The van der Waals surface area contributed by atoms with E-state index in [1.165, 1.54) is 0 Å². The number of hydrogen-bond acceptors (Lipinski definition) is 10. The van der Waals surface area contributed by atoms with Gasteiger partial charge < -0.3 is 18.5 Å². The lowest BCUT2D eigenvalue weighted by Gasteiger charge is -2.24. The summed E-state index contributed by atoms with van der Waals surface area (Å²) >= 11 is 2.04. The van der Waals surface area contributed by atoms with Crippen molar-refractivity contribution < 1.29 is 37.2 Å². The average Bonchev–Trinajstić information content (AvgIpc) is 3.09. The monoisotopic (exact) mass is 784 g/mol. The summed E-state index contributed by atoms with van der Waals surface area (Å²) in [7, 11) is 0. The maximum Gasteiger partial charge on any atom is 0.379 e. The number of aryl methyl sites for hydroxylation is 2. The van der Waals surface area contributed by atoms with Crippen LogP contribution in [-0.2, 0) is 34.6 Å². The molecule has 0 aliphatic carbocycles. The van der Waals surface area contributed by atoms with Crippen LogP contribution >= 0.6 is 36.2 Å². The molecule has 0 fully saturated rings. The first-order valence-corrected chi connectivity index (χ1v) is 23.0. The Morgan fingerprint density at radius 1 is 0.615 bits per heavy atom. The zero-order valence-corrected chi connectivity index (χ0v) is 33.5. The zero-order chi connectivity index (χ0) is 37.7. The molecular formula is C38H46N2O8P2S2. The van der Waals surface area contributed by atoms with Crippen molar-refractivity contribution in [2.24, 2.45) is 0 Å². The molecule has 0 radical (unpaired) electrons. The first-order valence-electron chi connectivity index (χ1n) is 16.9. The molecule has 4 aromatic rings. The van der Waals surface area contributed by atoms with Crippen LogP contribution in [0.4, 0.5) is 0 Å². The van der Waals surface area contributed by atoms with Gasteiger partial charge >= 0.3 is 25.4 Å². The Balaban J connectivity index is 1.34. The van der Waals surface area contributed by atoms with Gasteiger partial charge in [-0.15, -0.1) is 0 Å². The molecule has 0 bridgehead atoms. The Hall–Kier alpha value is -3.50. The molecule has 14 heteroatoms. The number of para-hydroxylation sites is 2. The lowest BCUT2D eigenvalue weighted by Crippen LogP contribution is -2.35. The van der Waals surface area contributed by atoms with Crippen LogP contribution in [0.2, 0.25) is 0 Å². The van der Waals surface area contributed by atoms with Gasteiger partial charge in [-0.1, -0.05) is 66.2 Å². The van der Waals surface area contributed by atoms with Gasteiger partial charge in [0.05, 0.1) is 12.2 Å². The van der Waals surface area contributed by atoms with Crippen LogP contribution in [0, 0.1) is 6.92 Å². The smallest absolute Gasteiger partial charge is 0.379 e. The third-order valence-electron chi connectivity index (χ3n) is 7.25. The molecule has 0 heterocycles. The number of esters is 2. The maximum absolute atomic E-state index is 14.0. The third-order valence-corrected chi connectivity index (χ3v) is 14.8. The highest BCUT2D eigenvalue weighted by molar-refractivity contribution is 8.56. The third kappa shape index (κ3) is 13.8. The SMILES string of the molecule is Cc1ccc(S[P@@](=O)(N[C@H](C)C(=O)OC(C)CCc2ccc(S[P@@](=O)(N[C@@H](C)C(=O)OC(C)C)Oc3ccccc3)cc2)Oc2ccccc2)cc1. The molecule has 0 aliphatic heterocycles. The molecule has 52 heavy (non-hydrogen) atoms. The molecule has 5 atom stereocenters. The standard InChI is InChI=1S/C38H46N2O8P2S2/c1-27(2)45-37(41)30(5)39-49(43,47-33-13-9-7-10-14-33)52-36-25-21-32(22-26-36)20-19-29(4)46-38(42)31(6)40-50(44,48-34-15-11-8-12-16-34)51-35-23-17-28(3)18-24-35/h7-18,21-27,29-31H,19-20H2,1-6H3,(H,39,43)(H,40,44)/t29?,30-,31+,49+,50+/m0/s1. The second-order valence-corrected chi connectivity index (χ2v) is 20.6. The highest BCUT2D eigenvalue weighted by atomic mass is 32.7. The van der Waals surface area contributed by atoms with E-state index in [0.717, 1.165) is 38.8 Å². The summed E-state index contributed by atoms with van der Waals surface area (Å²) in [5.74, 6) is -0.260. The van der Waals surface area contributed by atoms with Crippen molar-refractivity contribution in [1.29, 1.82) is 0 Å². The highest BCUT2D eigenvalue weighted by Gasteiger charge is 2.34. The summed E-state index contributed by atoms with van der Waals surface area (Å²) in [6.07, 6.45) is 0.396. The van der Waals surface area contributed by atoms with Gasteiger partial charge in [0, 0.05) is 9.79 Å².